The van der Waals surface area contributed by atoms with Crippen molar-refractivity contribution in [3.8, 4) is 0 Å². The molecule has 0 aromatic rings. The van der Waals surface area contributed by atoms with Crippen molar-refractivity contribution in [2.24, 2.45) is 11.8 Å². The summed E-state index contributed by atoms with van der Waals surface area (Å²) in [4.78, 5) is 0. The van der Waals surface area contributed by atoms with Crippen LogP contribution in [0, 0.1) is 11.8 Å². The Morgan fingerprint density at radius 2 is 1.44 bits per heavy atom. The van der Waals surface area contributed by atoms with Crippen molar-refractivity contribution in [3.63, 3.8) is 0 Å². The van der Waals surface area contributed by atoms with Gasteiger partial charge >= 0.3 is 0 Å². The summed E-state index contributed by atoms with van der Waals surface area (Å²) in [6.45, 7) is 8.61. The van der Waals surface area contributed by atoms with Gasteiger partial charge in [-0.05, 0) is 25.2 Å². The number of unbranched alkanes of at least 4 members (excludes halogenated alkanes) is 5. The third-order valence-corrected chi connectivity index (χ3v) is 3.89. The Morgan fingerprint density at radius 1 is 0.938 bits per heavy atom. The van der Waals surface area contributed by atoms with Gasteiger partial charge in [-0.25, -0.2) is 0 Å². The topological polar surface area (TPSA) is 0 Å². The minimum atomic E-state index is -0.572. The zero-order valence-corrected chi connectivity index (χ0v) is 12.9. The van der Waals surface area contributed by atoms with Gasteiger partial charge in [-0.3, -0.25) is 0 Å². The molecule has 0 amide bonds. The molecule has 0 aliphatic rings. The summed E-state index contributed by atoms with van der Waals surface area (Å²) in [5.41, 5.74) is 0. The first-order valence-electron chi connectivity index (χ1n) is 6.77. The maximum Gasteiger partial charge on any atom is 0.118 e. The van der Waals surface area contributed by atoms with E-state index < -0.39 is 4.33 Å². The summed E-state index contributed by atoms with van der Waals surface area (Å²) in [5.74, 6) is 0.984. The summed E-state index contributed by atoms with van der Waals surface area (Å²) in [5, 5.41) is 0. The molecule has 0 nitrogen and oxygen atoms in total. The molecule has 1 unspecified atom stereocenters. The van der Waals surface area contributed by atoms with Gasteiger partial charge in [-0.15, -0.1) is 23.2 Å². The van der Waals surface area contributed by atoms with Gasteiger partial charge in [0, 0.05) is 0 Å². The van der Waals surface area contributed by atoms with Gasteiger partial charge in [0.2, 0.25) is 0 Å². The Morgan fingerprint density at radius 3 is 1.88 bits per heavy atom. The second-order valence-electron chi connectivity index (χ2n) is 5.36. The van der Waals surface area contributed by atoms with Crippen LogP contribution >= 0.6 is 23.2 Å². The fourth-order valence-electron chi connectivity index (χ4n) is 2.32. The normalized spacial score (nSPS) is 14.4. The molecular formula is C14H28Cl2. The predicted molar refractivity (Wildman–Crippen MR) is 76.4 cm³/mol. The lowest BCUT2D eigenvalue weighted by Crippen LogP contribution is -2.26. The summed E-state index contributed by atoms with van der Waals surface area (Å²) in [6, 6.07) is 0. The van der Waals surface area contributed by atoms with E-state index >= 15 is 0 Å². The Labute approximate surface area is 112 Å². The average molecular weight is 267 g/mol. The van der Waals surface area contributed by atoms with Crippen molar-refractivity contribution < 1.29 is 0 Å². The molecule has 0 aliphatic carbocycles. The number of hydrogen-bond donors (Lipinski definition) is 0. The Kier molecular flexibility index (Phi) is 8.95. The van der Waals surface area contributed by atoms with Crippen LogP contribution in [0.25, 0.3) is 0 Å². The first-order chi connectivity index (χ1) is 7.39. The first-order valence-corrected chi connectivity index (χ1v) is 7.53. The lowest BCUT2D eigenvalue weighted by molar-refractivity contribution is 0.320. The molecule has 0 bridgehead atoms. The summed E-state index contributed by atoms with van der Waals surface area (Å²) >= 11 is 12.4. The van der Waals surface area contributed by atoms with E-state index in [-0.39, 0.29) is 0 Å². The molecule has 0 aliphatic heterocycles. The predicted octanol–water partition coefficient (Wildman–Crippen LogP) is 6.20. The van der Waals surface area contributed by atoms with Crippen LogP contribution in [-0.2, 0) is 0 Å². The zero-order valence-electron chi connectivity index (χ0n) is 11.4. The van der Waals surface area contributed by atoms with Crippen LogP contribution in [0.15, 0.2) is 0 Å². The minimum Gasteiger partial charge on any atom is -0.102 e. The third-order valence-electron chi connectivity index (χ3n) is 3.32. The van der Waals surface area contributed by atoms with Crippen molar-refractivity contribution in [2.75, 3.05) is 0 Å². The molecule has 0 N–H and O–H groups in total. The van der Waals surface area contributed by atoms with E-state index in [1.807, 2.05) is 6.92 Å². The summed E-state index contributed by atoms with van der Waals surface area (Å²) < 4.78 is -0.572. The minimum absolute atomic E-state index is 0.419. The van der Waals surface area contributed by atoms with Gasteiger partial charge < -0.3 is 0 Å². The molecule has 0 saturated heterocycles. The maximum atomic E-state index is 6.22. The van der Waals surface area contributed by atoms with Crippen LogP contribution in [0.2, 0.25) is 0 Å². The second kappa shape index (κ2) is 8.64. The van der Waals surface area contributed by atoms with E-state index in [0.717, 1.165) is 6.42 Å². The molecule has 0 heterocycles. The number of alkyl halides is 2. The zero-order chi connectivity index (χ0) is 12.6. The third kappa shape index (κ3) is 7.79. The fourth-order valence-corrected chi connectivity index (χ4v) is 3.04. The van der Waals surface area contributed by atoms with Crippen LogP contribution in [-0.4, -0.2) is 4.33 Å². The van der Waals surface area contributed by atoms with Crippen LogP contribution in [0.1, 0.15) is 72.6 Å². The average Bonchev–Trinajstić information content (AvgIpc) is 2.13. The maximum absolute atomic E-state index is 6.22. The Balaban J connectivity index is 3.70. The van der Waals surface area contributed by atoms with Crippen molar-refractivity contribution in [3.05, 3.63) is 0 Å². The highest BCUT2D eigenvalue weighted by molar-refractivity contribution is 6.48. The van der Waals surface area contributed by atoms with Gasteiger partial charge in [0.05, 0.1) is 0 Å². The van der Waals surface area contributed by atoms with Crippen molar-refractivity contribution in [1.29, 1.82) is 0 Å². The van der Waals surface area contributed by atoms with E-state index in [4.69, 9.17) is 23.2 Å². The molecule has 0 spiro atoms. The number of halogens is 2. The van der Waals surface area contributed by atoms with Crippen molar-refractivity contribution >= 4 is 23.2 Å². The highest BCUT2D eigenvalue weighted by Crippen LogP contribution is 2.38. The quantitative estimate of drug-likeness (QED) is 0.344. The number of rotatable bonds is 9. The lowest BCUT2D eigenvalue weighted by atomic mass is 9.87. The van der Waals surface area contributed by atoms with Crippen LogP contribution in [0.3, 0.4) is 0 Å². The molecule has 0 saturated carbocycles. The van der Waals surface area contributed by atoms with Gasteiger partial charge in [0.25, 0.3) is 0 Å². The molecule has 1 atom stereocenters. The molecular weight excluding hydrogens is 239 g/mol. The molecule has 0 rings (SSSR count). The second-order valence-corrected chi connectivity index (χ2v) is 7.13. The van der Waals surface area contributed by atoms with Crippen LogP contribution in [0.4, 0.5) is 0 Å². The molecule has 2 heteroatoms. The fraction of sp³-hybridized carbons (Fsp3) is 1.00. The molecule has 98 valence electrons. The van der Waals surface area contributed by atoms with Gasteiger partial charge in [0.1, 0.15) is 4.33 Å². The van der Waals surface area contributed by atoms with Crippen LogP contribution in [0.5, 0.6) is 0 Å². The van der Waals surface area contributed by atoms with Crippen molar-refractivity contribution in [1.82, 2.24) is 0 Å². The van der Waals surface area contributed by atoms with Crippen LogP contribution < -0.4 is 0 Å². The highest BCUT2D eigenvalue weighted by atomic mass is 35.5. The van der Waals surface area contributed by atoms with E-state index in [0.29, 0.717) is 11.8 Å². The van der Waals surface area contributed by atoms with E-state index in [2.05, 4.69) is 20.8 Å². The smallest absolute Gasteiger partial charge is 0.102 e. The monoisotopic (exact) mass is 266 g/mol. The molecule has 0 aromatic carbocycles. The Bertz CT molecular complexity index is 159. The molecule has 16 heavy (non-hydrogen) atoms. The molecule has 0 fully saturated rings. The summed E-state index contributed by atoms with van der Waals surface area (Å²) in [7, 11) is 0. The van der Waals surface area contributed by atoms with E-state index in [1.54, 1.807) is 0 Å². The molecule has 0 aromatic heterocycles. The van der Waals surface area contributed by atoms with E-state index in [1.165, 1.54) is 38.5 Å². The largest absolute Gasteiger partial charge is 0.118 e. The van der Waals surface area contributed by atoms with Gasteiger partial charge in [0.15, 0.2) is 0 Å². The highest BCUT2D eigenvalue weighted by Gasteiger charge is 2.31. The lowest BCUT2D eigenvalue weighted by Gasteiger charge is -2.29. The Hall–Kier alpha value is 0.580. The SMILES string of the molecule is CCCCCCCCC(C(C)C)C(C)(Cl)Cl. The standard InChI is InChI=1S/C14H28Cl2/c1-5-6-7-8-9-10-11-13(12(2)3)14(4,15)16/h12-13H,5-11H2,1-4H3. The first kappa shape index (κ1) is 16.6. The molecule has 0 radical (unpaired) electrons. The van der Waals surface area contributed by atoms with Gasteiger partial charge in [-0.1, -0.05) is 59.3 Å². The van der Waals surface area contributed by atoms with Gasteiger partial charge in [-0.2, -0.15) is 0 Å². The van der Waals surface area contributed by atoms with Crippen molar-refractivity contribution in [2.45, 2.75) is 77.0 Å². The van der Waals surface area contributed by atoms with E-state index in [9.17, 15) is 0 Å². The number of hydrogen-bond acceptors (Lipinski definition) is 0. The summed E-state index contributed by atoms with van der Waals surface area (Å²) in [6.07, 6.45) is 9.18.